The van der Waals surface area contributed by atoms with Crippen LogP contribution >= 0.6 is 23.1 Å². The summed E-state index contributed by atoms with van der Waals surface area (Å²) in [5, 5.41) is 11.6. The molecule has 0 radical (unpaired) electrons. The molecule has 1 heterocycles. The van der Waals surface area contributed by atoms with E-state index >= 15 is 0 Å². The number of anilines is 1. The second-order valence-corrected chi connectivity index (χ2v) is 8.97. The second kappa shape index (κ2) is 9.34. The fourth-order valence-corrected chi connectivity index (χ4v) is 4.42. The Balaban J connectivity index is 1.94. The molecule has 0 bridgehead atoms. The first kappa shape index (κ1) is 21.2. The van der Waals surface area contributed by atoms with Crippen molar-refractivity contribution in [1.29, 1.82) is 0 Å². The molecule has 0 unspecified atom stereocenters. The molecule has 152 valence electrons. The van der Waals surface area contributed by atoms with Crippen molar-refractivity contribution in [1.82, 2.24) is 9.88 Å². The Hall–Kier alpha value is -2.49. The van der Waals surface area contributed by atoms with Crippen LogP contribution in [0.3, 0.4) is 0 Å². The van der Waals surface area contributed by atoms with Crippen molar-refractivity contribution in [2.45, 2.75) is 11.8 Å². The zero-order valence-electron chi connectivity index (χ0n) is 16.5. The number of hydrogen-bond donors (Lipinski definition) is 0. The number of rotatable bonds is 8. The van der Waals surface area contributed by atoms with Crippen LogP contribution in [-0.2, 0) is 0 Å². The first-order valence-electron chi connectivity index (χ1n) is 9.13. The van der Waals surface area contributed by atoms with E-state index in [0.717, 1.165) is 10.6 Å². The Bertz CT molecular complexity index is 1020. The van der Waals surface area contributed by atoms with Gasteiger partial charge in [-0.05, 0) is 50.2 Å². The van der Waals surface area contributed by atoms with Gasteiger partial charge in [0.25, 0.3) is 11.6 Å². The van der Waals surface area contributed by atoms with Crippen LogP contribution in [0.4, 0.5) is 10.8 Å². The molecule has 0 spiro atoms. The standard InChI is InChI=1S/C20H22N4O3S2/c1-4-28-16-8-5-14(6-9-16)19(25)23(12-11-22(2)3)20-21-17-10-7-15(24(26)27)13-18(17)29-20/h5-10,13H,4,11-12H2,1-3H3. The number of likely N-dealkylation sites (N-methyl/N-ethyl adjacent to an activating group) is 1. The van der Waals surface area contributed by atoms with E-state index in [1.807, 2.05) is 43.3 Å². The van der Waals surface area contributed by atoms with E-state index in [-0.39, 0.29) is 11.6 Å². The van der Waals surface area contributed by atoms with Crippen LogP contribution in [0, 0.1) is 10.1 Å². The van der Waals surface area contributed by atoms with Gasteiger partial charge in [-0.3, -0.25) is 19.8 Å². The van der Waals surface area contributed by atoms with Crippen molar-refractivity contribution < 1.29 is 9.72 Å². The summed E-state index contributed by atoms with van der Waals surface area (Å²) >= 11 is 3.01. The topological polar surface area (TPSA) is 79.6 Å². The molecule has 0 fully saturated rings. The molecule has 0 atom stereocenters. The number of non-ortho nitro benzene ring substituents is 1. The predicted molar refractivity (Wildman–Crippen MR) is 119 cm³/mol. The molecule has 7 nitrogen and oxygen atoms in total. The van der Waals surface area contributed by atoms with Crippen molar-refractivity contribution >= 4 is 50.0 Å². The van der Waals surface area contributed by atoms with E-state index in [4.69, 9.17) is 0 Å². The number of nitro groups is 1. The van der Waals surface area contributed by atoms with Gasteiger partial charge >= 0.3 is 0 Å². The number of hydrogen-bond acceptors (Lipinski definition) is 7. The number of aromatic nitrogens is 1. The number of nitrogens with zero attached hydrogens (tertiary/aromatic N) is 4. The third-order valence-electron chi connectivity index (χ3n) is 4.23. The summed E-state index contributed by atoms with van der Waals surface area (Å²) in [4.78, 5) is 33.2. The highest BCUT2D eigenvalue weighted by atomic mass is 32.2. The van der Waals surface area contributed by atoms with Crippen molar-refractivity contribution in [2.75, 3.05) is 37.8 Å². The van der Waals surface area contributed by atoms with Crippen LogP contribution in [0.5, 0.6) is 0 Å². The van der Waals surface area contributed by atoms with Gasteiger partial charge in [0.05, 0.1) is 15.1 Å². The molecular formula is C20H22N4O3S2. The van der Waals surface area contributed by atoms with Crippen LogP contribution in [0.2, 0.25) is 0 Å². The van der Waals surface area contributed by atoms with Crippen molar-refractivity contribution in [3.05, 3.63) is 58.1 Å². The largest absolute Gasteiger partial charge is 0.308 e. The lowest BCUT2D eigenvalue weighted by molar-refractivity contribution is -0.384. The van der Waals surface area contributed by atoms with Gasteiger partial charge < -0.3 is 4.90 Å². The molecule has 3 rings (SSSR count). The first-order chi connectivity index (χ1) is 13.9. The Morgan fingerprint density at radius 3 is 2.52 bits per heavy atom. The maximum atomic E-state index is 13.2. The summed E-state index contributed by atoms with van der Waals surface area (Å²) in [5.74, 6) is 0.841. The maximum absolute atomic E-state index is 13.2. The number of thiazole rings is 1. The Morgan fingerprint density at radius 1 is 1.17 bits per heavy atom. The summed E-state index contributed by atoms with van der Waals surface area (Å²) in [6.45, 7) is 3.23. The molecule has 29 heavy (non-hydrogen) atoms. The zero-order chi connectivity index (χ0) is 21.0. The average molecular weight is 431 g/mol. The average Bonchev–Trinajstić information content (AvgIpc) is 3.11. The number of fused-ring (bicyclic) bond motifs is 1. The van der Waals surface area contributed by atoms with Crippen LogP contribution in [0.25, 0.3) is 10.2 Å². The molecule has 0 saturated heterocycles. The lowest BCUT2D eigenvalue weighted by atomic mass is 10.2. The van der Waals surface area contributed by atoms with Crippen LogP contribution in [-0.4, -0.2) is 53.7 Å². The van der Waals surface area contributed by atoms with Gasteiger partial charge in [0, 0.05) is 35.7 Å². The van der Waals surface area contributed by atoms with Gasteiger partial charge in [-0.1, -0.05) is 18.3 Å². The van der Waals surface area contributed by atoms with Crippen molar-refractivity contribution in [2.24, 2.45) is 0 Å². The number of nitro benzene ring substituents is 1. The Morgan fingerprint density at radius 2 is 1.90 bits per heavy atom. The van der Waals surface area contributed by atoms with E-state index in [2.05, 4.69) is 11.9 Å². The molecular weight excluding hydrogens is 408 g/mol. The molecule has 9 heteroatoms. The highest BCUT2D eigenvalue weighted by Gasteiger charge is 2.22. The van der Waals surface area contributed by atoms with Gasteiger partial charge in [-0.2, -0.15) is 0 Å². The molecule has 0 N–H and O–H groups in total. The molecule has 0 saturated carbocycles. The minimum absolute atomic E-state index is 0.0166. The van der Waals surface area contributed by atoms with Gasteiger partial charge in [0.2, 0.25) is 0 Å². The van der Waals surface area contributed by atoms with E-state index in [9.17, 15) is 14.9 Å². The fraction of sp³-hybridized carbons (Fsp3) is 0.300. The maximum Gasteiger partial charge on any atom is 0.270 e. The van der Waals surface area contributed by atoms with E-state index in [0.29, 0.717) is 34.0 Å². The normalized spacial score (nSPS) is 11.2. The van der Waals surface area contributed by atoms with E-state index in [1.54, 1.807) is 22.7 Å². The summed E-state index contributed by atoms with van der Waals surface area (Å²) in [7, 11) is 3.89. The minimum Gasteiger partial charge on any atom is -0.308 e. The number of benzene rings is 2. The van der Waals surface area contributed by atoms with Crippen LogP contribution in [0.15, 0.2) is 47.4 Å². The summed E-state index contributed by atoms with van der Waals surface area (Å²) in [6.07, 6.45) is 0. The Labute approximate surface area is 177 Å². The van der Waals surface area contributed by atoms with Crippen LogP contribution in [0.1, 0.15) is 17.3 Å². The molecule has 1 amide bonds. The van der Waals surface area contributed by atoms with E-state index in [1.165, 1.54) is 23.5 Å². The second-order valence-electron chi connectivity index (χ2n) is 6.62. The summed E-state index contributed by atoms with van der Waals surface area (Å²) < 4.78 is 0.687. The Kier molecular flexibility index (Phi) is 6.83. The third-order valence-corrected chi connectivity index (χ3v) is 6.17. The smallest absolute Gasteiger partial charge is 0.270 e. The quantitative estimate of drug-likeness (QED) is 0.297. The summed E-state index contributed by atoms with van der Waals surface area (Å²) in [6, 6.07) is 12.1. The van der Waals surface area contributed by atoms with Crippen LogP contribution < -0.4 is 4.90 Å². The number of carbonyl (C=O) groups is 1. The molecule has 3 aromatic rings. The highest BCUT2D eigenvalue weighted by molar-refractivity contribution is 7.99. The molecule has 2 aromatic carbocycles. The minimum atomic E-state index is -0.427. The van der Waals surface area contributed by atoms with Gasteiger partial charge in [0.1, 0.15) is 0 Å². The number of carbonyl (C=O) groups excluding carboxylic acids is 1. The fourth-order valence-electron chi connectivity index (χ4n) is 2.73. The van der Waals surface area contributed by atoms with Gasteiger partial charge in [-0.25, -0.2) is 4.98 Å². The zero-order valence-corrected chi connectivity index (χ0v) is 18.1. The van der Waals surface area contributed by atoms with E-state index < -0.39 is 4.92 Å². The van der Waals surface area contributed by atoms with Crippen molar-refractivity contribution in [3.8, 4) is 0 Å². The molecule has 0 aliphatic heterocycles. The highest BCUT2D eigenvalue weighted by Crippen LogP contribution is 2.32. The lowest BCUT2D eigenvalue weighted by Crippen LogP contribution is -2.36. The lowest BCUT2D eigenvalue weighted by Gasteiger charge is -2.22. The number of amides is 1. The summed E-state index contributed by atoms with van der Waals surface area (Å²) in [5.41, 5.74) is 1.25. The monoisotopic (exact) mass is 430 g/mol. The molecule has 0 aliphatic carbocycles. The molecule has 0 aliphatic rings. The molecule has 1 aromatic heterocycles. The van der Waals surface area contributed by atoms with Gasteiger partial charge in [0.15, 0.2) is 5.13 Å². The first-order valence-corrected chi connectivity index (χ1v) is 10.9. The van der Waals surface area contributed by atoms with Gasteiger partial charge in [-0.15, -0.1) is 11.8 Å². The predicted octanol–water partition coefficient (Wildman–Crippen LogP) is 4.52. The third kappa shape index (κ3) is 5.11. The SMILES string of the molecule is CCSc1ccc(C(=O)N(CCN(C)C)c2nc3ccc([N+](=O)[O-])cc3s2)cc1. The number of thioether (sulfide) groups is 1. The van der Waals surface area contributed by atoms with Crippen molar-refractivity contribution in [3.63, 3.8) is 0 Å².